The number of fused-ring (bicyclic) bond motifs is 2. The summed E-state index contributed by atoms with van der Waals surface area (Å²) >= 11 is 0. The highest BCUT2D eigenvalue weighted by Gasteiger charge is 2.13. The Kier molecular flexibility index (Phi) is 4.38. The third-order valence-electron chi connectivity index (χ3n) is 4.80. The van der Waals surface area contributed by atoms with Crippen molar-refractivity contribution in [1.82, 2.24) is 24.3 Å². The number of carbonyl (C=O) groups is 1. The number of hydrogen-bond donors (Lipinski definition) is 1. The molecule has 0 saturated heterocycles. The maximum Gasteiger partial charge on any atom is 0.280 e. The van der Waals surface area contributed by atoms with Gasteiger partial charge >= 0.3 is 0 Å². The fourth-order valence-corrected chi connectivity index (χ4v) is 3.38. The van der Waals surface area contributed by atoms with Gasteiger partial charge in [0.25, 0.3) is 5.56 Å². The quantitative estimate of drug-likeness (QED) is 0.588. The summed E-state index contributed by atoms with van der Waals surface area (Å²) in [5, 5.41) is 4.91. The molecule has 0 aliphatic carbocycles. The standard InChI is InChI=1S/C20H20N6O2/c1-12-10-18-22-13(2)15(14(3)26(18)23-12)8-9-19(27)24-25-11-21-17-7-5-4-6-16(17)20(25)28/h4-7,10-11H,8-9H2,1-3H3,(H,24,27). The lowest BCUT2D eigenvalue weighted by molar-refractivity contribution is -0.117. The number of aryl methyl sites for hydroxylation is 3. The van der Waals surface area contributed by atoms with Gasteiger partial charge in [-0.15, -0.1) is 0 Å². The van der Waals surface area contributed by atoms with E-state index >= 15 is 0 Å². The molecule has 3 heterocycles. The molecule has 8 heteroatoms. The summed E-state index contributed by atoms with van der Waals surface area (Å²) in [7, 11) is 0. The van der Waals surface area contributed by atoms with Gasteiger partial charge in [0.15, 0.2) is 5.65 Å². The zero-order valence-corrected chi connectivity index (χ0v) is 15.9. The molecule has 1 amide bonds. The van der Waals surface area contributed by atoms with E-state index in [1.54, 1.807) is 22.7 Å². The van der Waals surface area contributed by atoms with Crippen LogP contribution < -0.4 is 11.0 Å². The Morgan fingerprint density at radius 1 is 1.18 bits per heavy atom. The molecular weight excluding hydrogens is 356 g/mol. The number of aromatic nitrogens is 5. The summed E-state index contributed by atoms with van der Waals surface area (Å²) < 4.78 is 2.93. The summed E-state index contributed by atoms with van der Waals surface area (Å²) in [6, 6.07) is 8.95. The Morgan fingerprint density at radius 2 is 1.96 bits per heavy atom. The first kappa shape index (κ1) is 17.8. The van der Waals surface area contributed by atoms with E-state index in [4.69, 9.17) is 0 Å². The molecule has 0 unspecified atom stereocenters. The van der Waals surface area contributed by atoms with E-state index in [0.29, 0.717) is 17.3 Å². The first-order valence-corrected chi connectivity index (χ1v) is 9.03. The van der Waals surface area contributed by atoms with E-state index in [-0.39, 0.29) is 17.9 Å². The zero-order chi connectivity index (χ0) is 19.8. The van der Waals surface area contributed by atoms with Crippen LogP contribution in [0.25, 0.3) is 16.6 Å². The van der Waals surface area contributed by atoms with Crippen LogP contribution in [-0.4, -0.2) is 30.2 Å². The average Bonchev–Trinajstić information content (AvgIpc) is 3.04. The Hall–Kier alpha value is -3.55. The molecule has 142 valence electrons. The van der Waals surface area contributed by atoms with Crippen LogP contribution in [-0.2, 0) is 11.2 Å². The summed E-state index contributed by atoms with van der Waals surface area (Å²) in [6.07, 6.45) is 2.05. The van der Waals surface area contributed by atoms with E-state index in [9.17, 15) is 9.59 Å². The Balaban J connectivity index is 1.53. The van der Waals surface area contributed by atoms with Crippen LogP contribution in [0.15, 0.2) is 41.5 Å². The summed E-state index contributed by atoms with van der Waals surface area (Å²) in [6.45, 7) is 5.82. The molecule has 8 nitrogen and oxygen atoms in total. The van der Waals surface area contributed by atoms with Crippen molar-refractivity contribution in [1.29, 1.82) is 0 Å². The minimum atomic E-state index is -0.304. The van der Waals surface area contributed by atoms with Crippen molar-refractivity contribution >= 4 is 22.5 Å². The number of amides is 1. The number of hydrogen-bond acceptors (Lipinski definition) is 5. The van der Waals surface area contributed by atoms with Gasteiger partial charge in [-0.1, -0.05) is 12.1 Å². The van der Waals surface area contributed by atoms with Crippen molar-refractivity contribution in [2.24, 2.45) is 0 Å². The molecule has 0 bridgehead atoms. The van der Waals surface area contributed by atoms with E-state index < -0.39 is 0 Å². The minimum Gasteiger partial charge on any atom is -0.273 e. The Morgan fingerprint density at radius 3 is 2.79 bits per heavy atom. The first-order chi connectivity index (χ1) is 13.4. The minimum absolute atomic E-state index is 0.217. The molecule has 0 fully saturated rings. The highest BCUT2D eigenvalue weighted by Crippen LogP contribution is 2.17. The highest BCUT2D eigenvalue weighted by atomic mass is 16.2. The second kappa shape index (κ2) is 6.88. The van der Waals surface area contributed by atoms with E-state index in [1.165, 1.54) is 6.33 Å². The van der Waals surface area contributed by atoms with Crippen LogP contribution in [0, 0.1) is 20.8 Å². The van der Waals surface area contributed by atoms with E-state index in [1.807, 2.05) is 32.9 Å². The van der Waals surface area contributed by atoms with Crippen LogP contribution in [0.5, 0.6) is 0 Å². The average molecular weight is 376 g/mol. The van der Waals surface area contributed by atoms with Gasteiger partial charge in [0.05, 0.1) is 16.6 Å². The lowest BCUT2D eigenvalue weighted by Crippen LogP contribution is -2.33. The van der Waals surface area contributed by atoms with Gasteiger partial charge in [-0.05, 0) is 44.9 Å². The number of nitrogens with one attached hydrogen (secondary N) is 1. The summed E-state index contributed by atoms with van der Waals surface area (Å²) in [4.78, 5) is 33.7. The molecule has 1 N–H and O–H groups in total. The molecule has 0 radical (unpaired) electrons. The van der Waals surface area contributed by atoms with Crippen molar-refractivity contribution in [2.75, 3.05) is 5.43 Å². The van der Waals surface area contributed by atoms with Crippen molar-refractivity contribution in [3.63, 3.8) is 0 Å². The number of nitrogens with zero attached hydrogens (tertiary/aromatic N) is 5. The predicted octanol–water partition coefficient (Wildman–Crippen LogP) is 2.07. The third kappa shape index (κ3) is 3.13. The molecule has 3 aromatic heterocycles. The van der Waals surface area contributed by atoms with Crippen LogP contribution in [0.1, 0.15) is 29.1 Å². The molecule has 4 aromatic rings. The van der Waals surface area contributed by atoms with Crippen LogP contribution in [0.4, 0.5) is 0 Å². The Labute approximate surface area is 160 Å². The van der Waals surface area contributed by atoms with Gasteiger partial charge in [-0.25, -0.2) is 19.2 Å². The summed E-state index contributed by atoms with van der Waals surface area (Å²) in [5.41, 5.74) is 7.42. The molecule has 0 saturated carbocycles. The maximum atomic E-state index is 12.5. The topological polar surface area (TPSA) is 94.2 Å². The second-order valence-electron chi connectivity index (χ2n) is 6.79. The third-order valence-corrected chi connectivity index (χ3v) is 4.80. The fourth-order valence-electron chi connectivity index (χ4n) is 3.38. The van der Waals surface area contributed by atoms with Crippen molar-refractivity contribution in [3.8, 4) is 0 Å². The van der Waals surface area contributed by atoms with Crippen LogP contribution >= 0.6 is 0 Å². The van der Waals surface area contributed by atoms with E-state index in [2.05, 4.69) is 20.5 Å². The fraction of sp³-hybridized carbons (Fsp3) is 0.250. The van der Waals surface area contributed by atoms with Gasteiger partial charge in [-0.2, -0.15) is 5.10 Å². The van der Waals surface area contributed by atoms with Gasteiger partial charge in [0, 0.05) is 23.9 Å². The SMILES string of the molecule is Cc1cc2nc(C)c(CCC(=O)Nn3cnc4ccccc4c3=O)c(C)n2n1. The summed E-state index contributed by atoms with van der Waals surface area (Å²) in [5.74, 6) is -0.269. The lowest BCUT2D eigenvalue weighted by Gasteiger charge is -2.12. The van der Waals surface area contributed by atoms with Crippen LogP contribution in [0.2, 0.25) is 0 Å². The smallest absolute Gasteiger partial charge is 0.273 e. The van der Waals surface area contributed by atoms with Crippen molar-refractivity contribution in [3.05, 3.63) is 69.7 Å². The van der Waals surface area contributed by atoms with Gasteiger partial charge < -0.3 is 0 Å². The monoisotopic (exact) mass is 376 g/mol. The van der Waals surface area contributed by atoms with Crippen molar-refractivity contribution in [2.45, 2.75) is 33.6 Å². The Bertz CT molecular complexity index is 1270. The molecule has 0 aliphatic rings. The lowest BCUT2D eigenvalue weighted by atomic mass is 10.1. The molecule has 28 heavy (non-hydrogen) atoms. The number of para-hydroxylation sites is 1. The molecule has 1 aromatic carbocycles. The number of carbonyl (C=O) groups excluding carboxylic acids is 1. The van der Waals surface area contributed by atoms with E-state index in [0.717, 1.165) is 33.0 Å². The number of rotatable bonds is 4. The molecular formula is C20H20N6O2. The molecule has 0 atom stereocenters. The molecule has 0 aliphatic heterocycles. The first-order valence-electron chi connectivity index (χ1n) is 9.03. The van der Waals surface area contributed by atoms with Crippen LogP contribution in [0.3, 0.4) is 0 Å². The highest BCUT2D eigenvalue weighted by molar-refractivity contribution is 5.84. The van der Waals surface area contributed by atoms with Crippen molar-refractivity contribution < 1.29 is 4.79 Å². The number of benzene rings is 1. The maximum absolute atomic E-state index is 12.5. The zero-order valence-electron chi connectivity index (χ0n) is 15.9. The largest absolute Gasteiger partial charge is 0.280 e. The molecule has 0 spiro atoms. The second-order valence-corrected chi connectivity index (χ2v) is 6.79. The van der Waals surface area contributed by atoms with Gasteiger partial charge in [0.2, 0.25) is 5.91 Å². The molecule has 4 rings (SSSR count). The van der Waals surface area contributed by atoms with Gasteiger partial charge in [-0.3, -0.25) is 15.0 Å². The predicted molar refractivity (Wildman–Crippen MR) is 106 cm³/mol. The van der Waals surface area contributed by atoms with Gasteiger partial charge in [0.1, 0.15) is 6.33 Å². The normalized spacial score (nSPS) is 11.2.